The SMILES string of the molecule is c1ccc(C2(c3ccccc3)c3ccccc3-c3c(N(c4ccc(-c5cccc6c5oc5c7ccccc7ccc65)cc4)c4ccc(-c5cccc6c5sc5c7ccccc7ccc65)cc4)cccc32)cc1. The Hall–Kier alpha value is -9.02. The van der Waals surface area contributed by atoms with Crippen LogP contribution in [0, 0.1) is 0 Å². The maximum Gasteiger partial charge on any atom is 0.143 e. The Balaban J connectivity index is 0.924. The lowest BCUT2D eigenvalue weighted by atomic mass is 9.68. The van der Waals surface area contributed by atoms with Gasteiger partial charge in [-0.15, -0.1) is 11.3 Å². The highest BCUT2D eigenvalue weighted by Gasteiger charge is 2.47. The minimum atomic E-state index is -0.533. The van der Waals surface area contributed by atoms with E-state index in [1.165, 1.54) is 80.8 Å². The van der Waals surface area contributed by atoms with Gasteiger partial charge in [0.2, 0.25) is 0 Å². The zero-order valence-corrected chi connectivity index (χ0v) is 39.9. The summed E-state index contributed by atoms with van der Waals surface area (Å²) in [6.45, 7) is 0. The Morgan fingerprint density at radius 2 is 0.819 bits per heavy atom. The van der Waals surface area contributed by atoms with Crippen LogP contribution in [-0.4, -0.2) is 0 Å². The van der Waals surface area contributed by atoms with Gasteiger partial charge in [0.15, 0.2) is 0 Å². The van der Waals surface area contributed by atoms with Gasteiger partial charge < -0.3 is 9.32 Å². The molecular formula is C69H43NOS. The lowest BCUT2D eigenvalue weighted by Gasteiger charge is -2.34. The van der Waals surface area contributed by atoms with Crippen LogP contribution in [0.4, 0.5) is 17.1 Å². The number of fused-ring (bicyclic) bond motifs is 13. The van der Waals surface area contributed by atoms with E-state index < -0.39 is 5.41 Å². The molecule has 0 saturated heterocycles. The molecule has 0 atom stereocenters. The zero-order valence-electron chi connectivity index (χ0n) is 39.1. The van der Waals surface area contributed by atoms with Gasteiger partial charge in [0.25, 0.3) is 0 Å². The Labute approximate surface area is 420 Å². The molecule has 0 amide bonds. The van der Waals surface area contributed by atoms with Gasteiger partial charge in [-0.1, -0.05) is 224 Å². The molecule has 15 rings (SSSR count). The molecule has 12 aromatic carbocycles. The lowest BCUT2D eigenvalue weighted by Crippen LogP contribution is -2.28. The molecule has 0 fully saturated rings. The second kappa shape index (κ2) is 16.0. The first kappa shape index (κ1) is 40.8. The highest BCUT2D eigenvalue weighted by Crippen LogP contribution is 2.59. The Bertz CT molecular complexity index is 4200. The van der Waals surface area contributed by atoms with E-state index in [9.17, 15) is 0 Å². The maximum absolute atomic E-state index is 6.84. The van der Waals surface area contributed by atoms with Crippen LogP contribution in [-0.2, 0) is 5.41 Å². The average Bonchev–Trinajstić information content (AvgIpc) is 4.14. The van der Waals surface area contributed by atoms with E-state index >= 15 is 0 Å². The molecule has 0 saturated carbocycles. The normalized spacial score (nSPS) is 12.8. The number of thiophene rings is 1. The predicted octanol–water partition coefficient (Wildman–Crippen LogP) is 19.4. The molecule has 2 nitrogen and oxygen atoms in total. The van der Waals surface area contributed by atoms with Crippen molar-refractivity contribution in [2.45, 2.75) is 5.41 Å². The smallest absolute Gasteiger partial charge is 0.143 e. The van der Waals surface area contributed by atoms with Crippen molar-refractivity contribution in [2.24, 2.45) is 0 Å². The van der Waals surface area contributed by atoms with Gasteiger partial charge in [0.05, 0.1) is 11.1 Å². The number of para-hydroxylation sites is 1. The number of hydrogen-bond donors (Lipinski definition) is 0. The number of anilines is 3. The van der Waals surface area contributed by atoms with Crippen molar-refractivity contribution in [3.8, 4) is 33.4 Å². The Morgan fingerprint density at radius 3 is 1.54 bits per heavy atom. The molecule has 0 bridgehead atoms. The van der Waals surface area contributed by atoms with Gasteiger partial charge in [-0.25, -0.2) is 0 Å². The molecule has 0 N–H and O–H groups in total. The molecule has 72 heavy (non-hydrogen) atoms. The molecular weight excluding hydrogens is 891 g/mol. The molecule has 14 aromatic rings. The molecule has 0 aliphatic heterocycles. The van der Waals surface area contributed by atoms with Crippen LogP contribution in [0.25, 0.3) is 97.0 Å². The Kier molecular flexibility index (Phi) is 9.08. The van der Waals surface area contributed by atoms with Crippen molar-refractivity contribution in [1.82, 2.24) is 0 Å². The fourth-order valence-electron chi connectivity index (χ4n) is 12.2. The number of furan rings is 1. The van der Waals surface area contributed by atoms with E-state index in [0.29, 0.717) is 0 Å². The van der Waals surface area contributed by atoms with Crippen molar-refractivity contribution < 1.29 is 4.42 Å². The van der Waals surface area contributed by atoms with Crippen LogP contribution < -0.4 is 4.90 Å². The van der Waals surface area contributed by atoms with Crippen molar-refractivity contribution in [3.63, 3.8) is 0 Å². The third kappa shape index (κ3) is 5.95. The van der Waals surface area contributed by atoms with Crippen molar-refractivity contribution >= 4 is 92.1 Å². The molecule has 2 heterocycles. The first-order chi connectivity index (χ1) is 35.7. The van der Waals surface area contributed by atoms with Crippen molar-refractivity contribution in [1.29, 1.82) is 0 Å². The summed E-state index contributed by atoms with van der Waals surface area (Å²) in [5.41, 5.74) is 16.7. The second-order valence-corrected chi connectivity index (χ2v) is 20.1. The Morgan fingerprint density at radius 1 is 0.319 bits per heavy atom. The van der Waals surface area contributed by atoms with E-state index in [4.69, 9.17) is 4.42 Å². The fourth-order valence-corrected chi connectivity index (χ4v) is 13.5. The van der Waals surface area contributed by atoms with Gasteiger partial charge in [-0.2, -0.15) is 0 Å². The van der Waals surface area contributed by atoms with Crippen LogP contribution in [0.15, 0.2) is 265 Å². The van der Waals surface area contributed by atoms with Crippen LogP contribution in [0.2, 0.25) is 0 Å². The number of rotatable bonds is 7. The third-order valence-corrected chi connectivity index (χ3v) is 16.6. The number of benzene rings is 12. The maximum atomic E-state index is 6.84. The van der Waals surface area contributed by atoms with E-state index in [-0.39, 0.29) is 0 Å². The first-order valence-electron chi connectivity index (χ1n) is 24.7. The van der Waals surface area contributed by atoms with Crippen molar-refractivity contribution in [2.75, 3.05) is 4.90 Å². The molecule has 336 valence electrons. The molecule has 1 aliphatic rings. The summed E-state index contributed by atoms with van der Waals surface area (Å²) in [4.78, 5) is 2.47. The number of nitrogens with zero attached hydrogens (tertiary/aromatic N) is 1. The van der Waals surface area contributed by atoms with Gasteiger partial charge in [0.1, 0.15) is 11.2 Å². The molecule has 0 spiro atoms. The summed E-state index contributed by atoms with van der Waals surface area (Å²) in [7, 11) is 0. The first-order valence-corrected chi connectivity index (χ1v) is 25.6. The molecule has 2 aromatic heterocycles. The summed E-state index contributed by atoms with van der Waals surface area (Å²) in [6.07, 6.45) is 0. The second-order valence-electron chi connectivity index (χ2n) is 19.1. The largest absolute Gasteiger partial charge is 0.455 e. The minimum Gasteiger partial charge on any atom is -0.455 e. The average molecular weight is 934 g/mol. The van der Waals surface area contributed by atoms with E-state index in [2.05, 4.69) is 266 Å². The molecule has 0 unspecified atom stereocenters. The molecule has 0 radical (unpaired) electrons. The minimum absolute atomic E-state index is 0.533. The van der Waals surface area contributed by atoms with Gasteiger partial charge in [-0.05, 0) is 97.1 Å². The van der Waals surface area contributed by atoms with E-state index in [1.54, 1.807) is 0 Å². The third-order valence-electron chi connectivity index (χ3n) is 15.4. The highest BCUT2D eigenvalue weighted by atomic mass is 32.1. The quantitative estimate of drug-likeness (QED) is 0.158. The summed E-state index contributed by atoms with van der Waals surface area (Å²) in [5.74, 6) is 0. The molecule has 3 heteroatoms. The van der Waals surface area contributed by atoms with Crippen LogP contribution in [0.5, 0.6) is 0 Å². The fraction of sp³-hybridized carbons (Fsp3) is 0.0145. The topological polar surface area (TPSA) is 16.4 Å². The van der Waals surface area contributed by atoms with E-state index in [0.717, 1.165) is 55.5 Å². The summed E-state index contributed by atoms with van der Waals surface area (Å²) in [5, 5.41) is 9.75. The van der Waals surface area contributed by atoms with Crippen molar-refractivity contribution in [3.05, 3.63) is 283 Å². The standard InChI is InChI=1S/C69H43NOS/c1-3-18-48(19-4-1)69(49-20-5-2-6-21-49)61-29-12-11-24-60(61)64-62(69)30-15-31-63(64)70(50-38-32-46(33-39-50)53-25-13-27-56-57-42-36-44-16-7-9-22-52(44)66(57)71-65(53)56)51-40-34-47(35-41-51)55-26-14-28-58-59-43-37-45-17-8-10-23-54(45)68(59)72-67(55)58/h1-43H. The monoisotopic (exact) mass is 933 g/mol. The predicted molar refractivity (Wildman–Crippen MR) is 304 cm³/mol. The summed E-state index contributed by atoms with van der Waals surface area (Å²) in [6, 6.07) is 95.9. The van der Waals surface area contributed by atoms with E-state index in [1.807, 2.05) is 11.3 Å². The number of hydrogen-bond acceptors (Lipinski definition) is 3. The summed E-state index contributed by atoms with van der Waals surface area (Å²) < 4.78 is 9.50. The lowest BCUT2D eigenvalue weighted by molar-refractivity contribution is 0.674. The highest BCUT2D eigenvalue weighted by molar-refractivity contribution is 7.27. The molecule has 1 aliphatic carbocycles. The van der Waals surface area contributed by atoms with Gasteiger partial charge >= 0.3 is 0 Å². The van der Waals surface area contributed by atoms with Crippen LogP contribution in [0.1, 0.15) is 22.3 Å². The van der Waals surface area contributed by atoms with Crippen LogP contribution in [0.3, 0.4) is 0 Å². The van der Waals surface area contributed by atoms with Gasteiger partial charge in [0, 0.05) is 58.8 Å². The summed E-state index contributed by atoms with van der Waals surface area (Å²) >= 11 is 1.90. The zero-order chi connectivity index (χ0) is 47.3. The van der Waals surface area contributed by atoms with Gasteiger partial charge in [-0.3, -0.25) is 0 Å². The van der Waals surface area contributed by atoms with Crippen LogP contribution >= 0.6 is 11.3 Å².